The van der Waals surface area contributed by atoms with Crippen molar-refractivity contribution >= 4 is 5.91 Å². The molecule has 0 radical (unpaired) electrons. The molecule has 1 aromatic rings. The average Bonchev–Trinajstić information content (AvgIpc) is 2.46. The van der Waals surface area contributed by atoms with E-state index in [2.05, 4.69) is 19.2 Å². The van der Waals surface area contributed by atoms with Crippen LogP contribution in [0.4, 0.5) is 0 Å². The van der Waals surface area contributed by atoms with E-state index in [0.29, 0.717) is 31.4 Å². The van der Waals surface area contributed by atoms with Crippen LogP contribution in [0.15, 0.2) is 24.3 Å². The highest BCUT2D eigenvalue weighted by molar-refractivity contribution is 5.77. The van der Waals surface area contributed by atoms with E-state index >= 15 is 0 Å². The molecule has 1 amide bonds. The van der Waals surface area contributed by atoms with Crippen molar-refractivity contribution in [3.63, 3.8) is 0 Å². The Morgan fingerprint density at radius 1 is 1.10 bits per heavy atom. The smallest absolute Gasteiger partial charge is 0.258 e. The van der Waals surface area contributed by atoms with Crippen LogP contribution < -0.4 is 14.8 Å². The minimum atomic E-state index is -0.163. The fourth-order valence-corrected chi connectivity index (χ4v) is 1.54. The Bertz CT molecular complexity index is 403. The standard InChI is InChI=1S/C16H25NO4/c1-13(2)8-10-20-14-4-6-15(7-5-14)21-12-16(18)17-9-11-19-3/h4-7,13H,8-12H2,1-3H3,(H,17,18). The fourth-order valence-electron chi connectivity index (χ4n) is 1.54. The monoisotopic (exact) mass is 295 g/mol. The molecule has 0 atom stereocenters. The second kappa shape index (κ2) is 10.0. The first kappa shape index (κ1) is 17.3. The van der Waals surface area contributed by atoms with E-state index in [9.17, 15) is 4.79 Å². The molecule has 118 valence electrons. The third-order valence-corrected chi connectivity index (χ3v) is 2.79. The average molecular weight is 295 g/mol. The maximum atomic E-state index is 11.4. The molecule has 1 aromatic carbocycles. The summed E-state index contributed by atoms with van der Waals surface area (Å²) < 4.78 is 15.8. The van der Waals surface area contributed by atoms with Gasteiger partial charge < -0.3 is 19.5 Å². The van der Waals surface area contributed by atoms with E-state index in [0.717, 1.165) is 12.2 Å². The molecule has 1 rings (SSSR count). The lowest BCUT2D eigenvalue weighted by atomic mass is 10.1. The van der Waals surface area contributed by atoms with Crippen molar-refractivity contribution in [1.29, 1.82) is 0 Å². The predicted octanol–water partition coefficient (Wildman–Crippen LogP) is 2.25. The molecule has 0 bridgehead atoms. The van der Waals surface area contributed by atoms with E-state index < -0.39 is 0 Å². The number of benzene rings is 1. The van der Waals surface area contributed by atoms with Gasteiger partial charge in [0.2, 0.25) is 0 Å². The Labute approximate surface area is 126 Å². The number of amides is 1. The topological polar surface area (TPSA) is 56.8 Å². The highest BCUT2D eigenvalue weighted by Crippen LogP contribution is 2.18. The van der Waals surface area contributed by atoms with Gasteiger partial charge in [-0.2, -0.15) is 0 Å². The maximum absolute atomic E-state index is 11.4. The lowest BCUT2D eigenvalue weighted by Gasteiger charge is -2.10. The van der Waals surface area contributed by atoms with Crippen LogP contribution in [0, 0.1) is 5.92 Å². The van der Waals surface area contributed by atoms with Gasteiger partial charge in [-0.1, -0.05) is 13.8 Å². The zero-order chi connectivity index (χ0) is 15.5. The lowest BCUT2D eigenvalue weighted by Crippen LogP contribution is -2.31. The number of hydrogen-bond acceptors (Lipinski definition) is 4. The molecule has 0 aliphatic rings. The molecule has 1 N–H and O–H groups in total. The van der Waals surface area contributed by atoms with Gasteiger partial charge in [0.15, 0.2) is 6.61 Å². The number of ether oxygens (including phenoxy) is 3. The number of methoxy groups -OCH3 is 1. The Kier molecular flexibility index (Phi) is 8.28. The molecule has 21 heavy (non-hydrogen) atoms. The van der Waals surface area contributed by atoms with Crippen LogP contribution in [0.3, 0.4) is 0 Å². The molecule has 5 nitrogen and oxygen atoms in total. The molecule has 0 heterocycles. The van der Waals surface area contributed by atoms with E-state index in [1.54, 1.807) is 19.2 Å². The first-order chi connectivity index (χ1) is 10.1. The van der Waals surface area contributed by atoms with Gasteiger partial charge in [-0.05, 0) is 36.6 Å². The SMILES string of the molecule is COCCNC(=O)COc1ccc(OCCC(C)C)cc1. The lowest BCUT2D eigenvalue weighted by molar-refractivity contribution is -0.123. The first-order valence-corrected chi connectivity index (χ1v) is 7.23. The van der Waals surface area contributed by atoms with Crippen molar-refractivity contribution in [3.05, 3.63) is 24.3 Å². The fraction of sp³-hybridized carbons (Fsp3) is 0.562. The van der Waals surface area contributed by atoms with Crippen LogP contribution in [-0.4, -0.2) is 39.4 Å². The van der Waals surface area contributed by atoms with Crippen LogP contribution in [0.2, 0.25) is 0 Å². The Morgan fingerprint density at radius 2 is 1.71 bits per heavy atom. The molecule has 0 fully saturated rings. The minimum Gasteiger partial charge on any atom is -0.494 e. The summed E-state index contributed by atoms with van der Waals surface area (Å²) in [4.78, 5) is 11.4. The van der Waals surface area contributed by atoms with Gasteiger partial charge in [0.1, 0.15) is 11.5 Å². The number of carbonyl (C=O) groups is 1. The quantitative estimate of drug-likeness (QED) is 0.673. The number of carbonyl (C=O) groups excluding carboxylic acids is 1. The first-order valence-electron chi connectivity index (χ1n) is 7.23. The largest absolute Gasteiger partial charge is 0.494 e. The zero-order valence-electron chi connectivity index (χ0n) is 13.1. The summed E-state index contributed by atoms with van der Waals surface area (Å²) in [6.07, 6.45) is 1.03. The summed E-state index contributed by atoms with van der Waals surface area (Å²) in [5.74, 6) is 1.93. The van der Waals surface area contributed by atoms with Crippen LogP contribution in [0.25, 0.3) is 0 Å². The summed E-state index contributed by atoms with van der Waals surface area (Å²) in [6, 6.07) is 7.29. The maximum Gasteiger partial charge on any atom is 0.258 e. The highest BCUT2D eigenvalue weighted by atomic mass is 16.5. The summed E-state index contributed by atoms with van der Waals surface area (Å²) in [5, 5.41) is 2.69. The molecule has 0 saturated carbocycles. The molecule has 0 aliphatic carbocycles. The number of rotatable bonds is 10. The van der Waals surface area contributed by atoms with Gasteiger partial charge in [-0.25, -0.2) is 0 Å². The van der Waals surface area contributed by atoms with Crippen molar-refractivity contribution in [1.82, 2.24) is 5.32 Å². The second-order valence-corrected chi connectivity index (χ2v) is 5.13. The molecule has 0 aromatic heterocycles. The summed E-state index contributed by atoms with van der Waals surface area (Å²) in [5.41, 5.74) is 0. The zero-order valence-corrected chi connectivity index (χ0v) is 13.1. The molecule has 0 unspecified atom stereocenters. The van der Waals surface area contributed by atoms with E-state index in [4.69, 9.17) is 14.2 Å². The molecule has 0 saturated heterocycles. The molecular formula is C16H25NO4. The number of hydrogen-bond donors (Lipinski definition) is 1. The van der Waals surface area contributed by atoms with Gasteiger partial charge in [-0.3, -0.25) is 4.79 Å². The molecule has 0 spiro atoms. The summed E-state index contributed by atoms with van der Waals surface area (Å²) >= 11 is 0. The molecule has 0 aliphatic heterocycles. The Morgan fingerprint density at radius 3 is 2.29 bits per heavy atom. The third-order valence-electron chi connectivity index (χ3n) is 2.79. The van der Waals surface area contributed by atoms with Gasteiger partial charge >= 0.3 is 0 Å². The normalized spacial score (nSPS) is 10.5. The van der Waals surface area contributed by atoms with Crippen LogP contribution in [0.1, 0.15) is 20.3 Å². The van der Waals surface area contributed by atoms with Crippen molar-refractivity contribution in [3.8, 4) is 11.5 Å². The van der Waals surface area contributed by atoms with Crippen molar-refractivity contribution < 1.29 is 19.0 Å². The van der Waals surface area contributed by atoms with Crippen molar-refractivity contribution in [2.45, 2.75) is 20.3 Å². The Balaban J connectivity index is 2.25. The summed E-state index contributed by atoms with van der Waals surface area (Å²) in [6.45, 7) is 6.02. The van der Waals surface area contributed by atoms with Gasteiger partial charge in [0.05, 0.1) is 13.2 Å². The van der Waals surface area contributed by atoms with Gasteiger partial charge in [-0.15, -0.1) is 0 Å². The van der Waals surface area contributed by atoms with E-state index in [-0.39, 0.29) is 12.5 Å². The highest BCUT2D eigenvalue weighted by Gasteiger charge is 2.02. The second-order valence-electron chi connectivity index (χ2n) is 5.13. The molecule has 5 heteroatoms. The van der Waals surface area contributed by atoms with Crippen LogP contribution in [-0.2, 0) is 9.53 Å². The summed E-state index contributed by atoms with van der Waals surface area (Å²) in [7, 11) is 1.59. The molecular weight excluding hydrogens is 270 g/mol. The van der Waals surface area contributed by atoms with Crippen LogP contribution >= 0.6 is 0 Å². The van der Waals surface area contributed by atoms with Crippen LogP contribution in [0.5, 0.6) is 11.5 Å². The van der Waals surface area contributed by atoms with Crippen molar-refractivity contribution in [2.24, 2.45) is 5.92 Å². The van der Waals surface area contributed by atoms with Crippen molar-refractivity contribution in [2.75, 3.05) is 33.5 Å². The predicted molar refractivity (Wildman–Crippen MR) is 81.8 cm³/mol. The van der Waals surface area contributed by atoms with Gasteiger partial charge in [0.25, 0.3) is 5.91 Å². The Hall–Kier alpha value is -1.75. The van der Waals surface area contributed by atoms with E-state index in [1.165, 1.54) is 0 Å². The minimum absolute atomic E-state index is 0.00271. The third kappa shape index (κ3) is 8.19. The van der Waals surface area contributed by atoms with Gasteiger partial charge in [0, 0.05) is 13.7 Å². The number of nitrogens with one attached hydrogen (secondary N) is 1. The van der Waals surface area contributed by atoms with E-state index in [1.807, 2.05) is 12.1 Å².